The van der Waals surface area contributed by atoms with Crippen LogP contribution < -0.4 is 5.32 Å². The highest BCUT2D eigenvalue weighted by Crippen LogP contribution is 2.22. The predicted octanol–water partition coefficient (Wildman–Crippen LogP) is 2.72. The standard InChI is InChI=1S/C13H16ClFN2O.ClH/c1-16-9-4-3-7-17(8-9)13(18)10-5-2-6-11(15)12(10)14;/h2,5-6,9,16H,3-4,7-8H2,1H3;1H. The Labute approximate surface area is 123 Å². The van der Waals surface area contributed by atoms with Crippen LogP contribution in [-0.4, -0.2) is 37.0 Å². The molecule has 1 amide bonds. The largest absolute Gasteiger partial charge is 0.337 e. The van der Waals surface area contributed by atoms with Gasteiger partial charge in [-0.15, -0.1) is 12.4 Å². The summed E-state index contributed by atoms with van der Waals surface area (Å²) in [6.45, 7) is 1.34. The Morgan fingerprint density at radius 1 is 1.53 bits per heavy atom. The van der Waals surface area contributed by atoms with Crippen LogP contribution >= 0.6 is 24.0 Å². The van der Waals surface area contributed by atoms with Gasteiger partial charge in [0.25, 0.3) is 5.91 Å². The average molecular weight is 307 g/mol. The molecule has 1 fully saturated rings. The number of carbonyl (C=O) groups excluding carboxylic acids is 1. The molecular formula is C13H17Cl2FN2O. The minimum absolute atomic E-state index is 0. The minimum atomic E-state index is -0.551. The molecule has 106 valence electrons. The molecule has 6 heteroatoms. The molecule has 3 nitrogen and oxygen atoms in total. The van der Waals surface area contributed by atoms with Gasteiger partial charge in [0, 0.05) is 19.1 Å². The number of likely N-dealkylation sites (tertiary alicyclic amines) is 1. The van der Waals surface area contributed by atoms with Crippen LogP contribution in [0.15, 0.2) is 18.2 Å². The van der Waals surface area contributed by atoms with E-state index in [1.54, 1.807) is 11.0 Å². The van der Waals surface area contributed by atoms with Crippen molar-refractivity contribution in [2.75, 3.05) is 20.1 Å². The van der Waals surface area contributed by atoms with E-state index in [-0.39, 0.29) is 28.9 Å². The number of hydrogen-bond donors (Lipinski definition) is 1. The van der Waals surface area contributed by atoms with Gasteiger partial charge in [-0.05, 0) is 32.0 Å². The predicted molar refractivity (Wildman–Crippen MR) is 76.6 cm³/mol. The Hall–Kier alpha value is -0.840. The Morgan fingerprint density at radius 3 is 2.95 bits per heavy atom. The van der Waals surface area contributed by atoms with Crippen LogP contribution in [0.4, 0.5) is 4.39 Å². The Bertz CT molecular complexity index is 456. The number of nitrogens with zero attached hydrogens (tertiary/aromatic N) is 1. The van der Waals surface area contributed by atoms with Gasteiger partial charge in [0.15, 0.2) is 0 Å². The van der Waals surface area contributed by atoms with Crippen molar-refractivity contribution in [3.05, 3.63) is 34.6 Å². The van der Waals surface area contributed by atoms with Crippen LogP contribution in [0.3, 0.4) is 0 Å². The molecule has 0 spiro atoms. The van der Waals surface area contributed by atoms with Crippen molar-refractivity contribution >= 4 is 29.9 Å². The van der Waals surface area contributed by atoms with E-state index in [0.29, 0.717) is 19.1 Å². The molecule has 1 aliphatic rings. The summed E-state index contributed by atoms with van der Waals surface area (Å²) in [6.07, 6.45) is 2.00. The van der Waals surface area contributed by atoms with Gasteiger partial charge in [0.2, 0.25) is 0 Å². The summed E-state index contributed by atoms with van der Waals surface area (Å²) < 4.78 is 13.3. The third-order valence-electron chi connectivity index (χ3n) is 3.30. The fraction of sp³-hybridized carbons (Fsp3) is 0.462. The van der Waals surface area contributed by atoms with Crippen LogP contribution in [0.5, 0.6) is 0 Å². The number of amides is 1. The van der Waals surface area contributed by atoms with Gasteiger partial charge in [-0.3, -0.25) is 4.79 Å². The second kappa shape index (κ2) is 7.08. The highest BCUT2D eigenvalue weighted by Gasteiger charge is 2.25. The zero-order valence-corrected chi connectivity index (χ0v) is 12.2. The Balaban J connectivity index is 0.00000180. The summed E-state index contributed by atoms with van der Waals surface area (Å²) in [5.41, 5.74) is 0.244. The number of hydrogen-bond acceptors (Lipinski definition) is 2. The first-order valence-corrected chi connectivity index (χ1v) is 6.42. The molecule has 0 radical (unpaired) electrons. The lowest BCUT2D eigenvalue weighted by Gasteiger charge is -2.32. The smallest absolute Gasteiger partial charge is 0.255 e. The van der Waals surface area contributed by atoms with E-state index in [4.69, 9.17) is 11.6 Å². The number of rotatable bonds is 2. The van der Waals surface area contributed by atoms with E-state index in [1.165, 1.54) is 12.1 Å². The molecule has 1 aromatic carbocycles. The third-order valence-corrected chi connectivity index (χ3v) is 3.68. The highest BCUT2D eigenvalue weighted by molar-refractivity contribution is 6.34. The van der Waals surface area contributed by atoms with E-state index >= 15 is 0 Å². The lowest BCUT2D eigenvalue weighted by Crippen LogP contribution is -2.47. The van der Waals surface area contributed by atoms with Crippen LogP contribution in [0.1, 0.15) is 23.2 Å². The van der Waals surface area contributed by atoms with Crippen molar-refractivity contribution in [3.63, 3.8) is 0 Å². The molecule has 2 rings (SSSR count). The van der Waals surface area contributed by atoms with Gasteiger partial charge in [0.05, 0.1) is 10.6 Å². The molecule has 19 heavy (non-hydrogen) atoms. The maximum atomic E-state index is 13.3. The zero-order valence-electron chi connectivity index (χ0n) is 10.7. The summed E-state index contributed by atoms with van der Waals surface area (Å²) in [5, 5.41) is 3.08. The molecule has 0 aliphatic carbocycles. The molecule has 1 aliphatic heterocycles. The normalized spacial score (nSPS) is 18.9. The molecular weight excluding hydrogens is 290 g/mol. The van der Waals surface area contributed by atoms with E-state index in [2.05, 4.69) is 5.32 Å². The van der Waals surface area contributed by atoms with Crippen molar-refractivity contribution in [2.24, 2.45) is 0 Å². The summed E-state index contributed by atoms with van der Waals surface area (Å²) in [4.78, 5) is 14.0. The fourth-order valence-corrected chi connectivity index (χ4v) is 2.44. The summed E-state index contributed by atoms with van der Waals surface area (Å²) in [7, 11) is 1.88. The third kappa shape index (κ3) is 3.59. The van der Waals surface area contributed by atoms with Crippen molar-refractivity contribution < 1.29 is 9.18 Å². The number of piperidine rings is 1. The fourth-order valence-electron chi connectivity index (χ4n) is 2.24. The Morgan fingerprint density at radius 2 is 2.26 bits per heavy atom. The van der Waals surface area contributed by atoms with Crippen molar-refractivity contribution in [3.8, 4) is 0 Å². The second-order valence-corrected chi connectivity index (χ2v) is 4.86. The number of benzene rings is 1. The first-order chi connectivity index (χ1) is 8.63. The number of likely N-dealkylation sites (N-methyl/N-ethyl adjacent to an activating group) is 1. The molecule has 0 saturated carbocycles. The molecule has 1 atom stereocenters. The first-order valence-electron chi connectivity index (χ1n) is 6.04. The van der Waals surface area contributed by atoms with Crippen LogP contribution in [0.25, 0.3) is 0 Å². The maximum Gasteiger partial charge on any atom is 0.255 e. The van der Waals surface area contributed by atoms with Crippen molar-refractivity contribution in [1.82, 2.24) is 10.2 Å². The molecule has 1 saturated heterocycles. The van der Waals surface area contributed by atoms with E-state index in [0.717, 1.165) is 12.8 Å². The van der Waals surface area contributed by atoms with Gasteiger partial charge in [0.1, 0.15) is 5.82 Å². The monoisotopic (exact) mass is 306 g/mol. The van der Waals surface area contributed by atoms with Crippen molar-refractivity contribution in [2.45, 2.75) is 18.9 Å². The second-order valence-electron chi connectivity index (χ2n) is 4.48. The highest BCUT2D eigenvalue weighted by atomic mass is 35.5. The molecule has 1 heterocycles. The van der Waals surface area contributed by atoms with Crippen LogP contribution in [-0.2, 0) is 0 Å². The number of carbonyl (C=O) groups is 1. The van der Waals surface area contributed by atoms with E-state index in [1.807, 2.05) is 7.05 Å². The lowest BCUT2D eigenvalue weighted by molar-refractivity contribution is 0.0698. The Kier molecular flexibility index (Phi) is 6.04. The van der Waals surface area contributed by atoms with Gasteiger partial charge in [-0.1, -0.05) is 17.7 Å². The quantitative estimate of drug-likeness (QED) is 0.911. The summed E-state index contributed by atoms with van der Waals surface area (Å²) in [5.74, 6) is -0.746. The molecule has 1 aromatic rings. The van der Waals surface area contributed by atoms with Gasteiger partial charge in [-0.25, -0.2) is 4.39 Å². The molecule has 0 aromatic heterocycles. The lowest BCUT2D eigenvalue weighted by atomic mass is 10.0. The number of halogens is 3. The first kappa shape index (κ1) is 16.2. The van der Waals surface area contributed by atoms with E-state index < -0.39 is 5.82 Å². The van der Waals surface area contributed by atoms with Gasteiger partial charge < -0.3 is 10.2 Å². The topological polar surface area (TPSA) is 32.3 Å². The molecule has 1 unspecified atom stereocenters. The van der Waals surface area contributed by atoms with Gasteiger partial charge >= 0.3 is 0 Å². The number of nitrogens with one attached hydrogen (secondary N) is 1. The molecule has 1 N–H and O–H groups in total. The minimum Gasteiger partial charge on any atom is -0.337 e. The SMILES string of the molecule is CNC1CCCN(C(=O)c2cccc(F)c2Cl)C1.Cl. The van der Waals surface area contributed by atoms with Crippen molar-refractivity contribution in [1.29, 1.82) is 0 Å². The van der Waals surface area contributed by atoms with E-state index in [9.17, 15) is 9.18 Å². The zero-order chi connectivity index (χ0) is 13.1. The summed E-state index contributed by atoms with van der Waals surface area (Å²) >= 11 is 5.84. The molecule has 0 bridgehead atoms. The average Bonchev–Trinajstić information content (AvgIpc) is 2.41. The maximum absolute atomic E-state index is 13.3. The van der Waals surface area contributed by atoms with Crippen LogP contribution in [0.2, 0.25) is 5.02 Å². The summed E-state index contributed by atoms with van der Waals surface area (Å²) in [6, 6.07) is 4.63. The van der Waals surface area contributed by atoms with Gasteiger partial charge in [-0.2, -0.15) is 0 Å². The van der Waals surface area contributed by atoms with Crippen LogP contribution in [0, 0.1) is 5.82 Å².